The van der Waals surface area contributed by atoms with E-state index in [1.807, 2.05) is 30.3 Å². The number of aryl methyl sites for hydroxylation is 1. The summed E-state index contributed by atoms with van der Waals surface area (Å²) < 4.78 is 0. The van der Waals surface area contributed by atoms with Crippen LogP contribution in [0.4, 0.5) is 5.00 Å². The van der Waals surface area contributed by atoms with Crippen LogP contribution in [-0.4, -0.2) is 10.9 Å². The number of H-pyrrole nitrogens is 1. The molecule has 1 aromatic carbocycles. The van der Waals surface area contributed by atoms with Gasteiger partial charge >= 0.3 is 0 Å². The smallest absolute Gasteiger partial charge is 0.266 e. The van der Waals surface area contributed by atoms with Gasteiger partial charge in [-0.15, -0.1) is 11.3 Å². The van der Waals surface area contributed by atoms with Gasteiger partial charge in [0.25, 0.3) is 5.91 Å². The number of rotatable bonds is 3. The molecular weight excluding hydrogens is 344 g/mol. The van der Waals surface area contributed by atoms with Gasteiger partial charge in [0.05, 0.1) is 5.56 Å². The number of aromatic nitrogens is 1. The zero-order chi connectivity index (χ0) is 18.1. The molecule has 0 spiro atoms. The van der Waals surface area contributed by atoms with Crippen LogP contribution in [0.1, 0.15) is 28.0 Å². The maximum absolute atomic E-state index is 12.6. The standard InChI is InChI=1S/C20H14N4OS/c21-9-12(8-13-11-23-17-6-2-1-4-14(13)17)19(25)24-20-16(10-22)15-5-3-7-18(15)26-20/h1-2,4,6,8,11,23H,3,5,7H2,(H,24,25)/b12-8+. The Morgan fingerprint density at radius 2 is 2.12 bits per heavy atom. The third-order valence-electron chi connectivity index (χ3n) is 4.55. The van der Waals surface area contributed by atoms with E-state index in [0.717, 1.165) is 46.2 Å². The average molecular weight is 358 g/mol. The third-order valence-corrected chi connectivity index (χ3v) is 5.75. The SMILES string of the molecule is N#C/C(=C\c1c[nH]c2ccccc12)C(=O)Nc1sc2c(c1C#N)CCC2. The summed E-state index contributed by atoms with van der Waals surface area (Å²) in [6, 6.07) is 11.9. The van der Waals surface area contributed by atoms with E-state index in [4.69, 9.17) is 0 Å². The van der Waals surface area contributed by atoms with Crippen molar-refractivity contribution in [1.29, 1.82) is 10.5 Å². The van der Waals surface area contributed by atoms with Crippen molar-refractivity contribution in [1.82, 2.24) is 4.98 Å². The van der Waals surface area contributed by atoms with Crippen LogP contribution in [-0.2, 0) is 17.6 Å². The van der Waals surface area contributed by atoms with Crippen molar-refractivity contribution in [3.05, 3.63) is 57.6 Å². The topological polar surface area (TPSA) is 92.5 Å². The quantitative estimate of drug-likeness (QED) is 0.544. The maximum atomic E-state index is 12.6. The minimum atomic E-state index is -0.491. The summed E-state index contributed by atoms with van der Waals surface area (Å²) in [6.45, 7) is 0. The summed E-state index contributed by atoms with van der Waals surface area (Å²) in [7, 11) is 0. The Hall–Kier alpha value is -3.35. The zero-order valence-corrected chi connectivity index (χ0v) is 14.6. The van der Waals surface area contributed by atoms with Gasteiger partial charge in [0.2, 0.25) is 0 Å². The zero-order valence-electron chi connectivity index (χ0n) is 13.8. The molecule has 6 heteroatoms. The fourth-order valence-electron chi connectivity index (χ4n) is 3.30. The van der Waals surface area contributed by atoms with E-state index >= 15 is 0 Å². The highest BCUT2D eigenvalue weighted by atomic mass is 32.1. The van der Waals surface area contributed by atoms with Crippen LogP contribution < -0.4 is 5.32 Å². The second kappa shape index (κ2) is 6.51. The lowest BCUT2D eigenvalue weighted by atomic mass is 10.1. The molecule has 26 heavy (non-hydrogen) atoms. The molecule has 2 N–H and O–H groups in total. The molecule has 5 nitrogen and oxygen atoms in total. The van der Waals surface area contributed by atoms with E-state index < -0.39 is 5.91 Å². The van der Waals surface area contributed by atoms with Gasteiger partial charge in [0.1, 0.15) is 22.7 Å². The molecule has 0 atom stereocenters. The van der Waals surface area contributed by atoms with Gasteiger partial charge in [0.15, 0.2) is 0 Å². The number of para-hydroxylation sites is 1. The van der Waals surface area contributed by atoms with Crippen molar-refractivity contribution < 1.29 is 4.79 Å². The molecule has 2 heterocycles. The van der Waals surface area contributed by atoms with E-state index in [1.165, 1.54) is 11.3 Å². The molecule has 3 aromatic rings. The number of nitrogens with one attached hydrogen (secondary N) is 2. The first-order valence-electron chi connectivity index (χ1n) is 8.25. The van der Waals surface area contributed by atoms with Gasteiger partial charge < -0.3 is 10.3 Å². The molecule has 1 amide bonds. The molecule has 126 valence electrons. The lowest BCUT2D eigenvalue weighted by Crippen LogP contribution is -2.13. The van der Waals surface area contributed by atoms with Crippen LogP contribution >= 0.6 is 11.3 Å². The number of anilines is 1. The summed E-state index contributed by atoms with van der Waals surface area (Å²) in [5.74, 6) is -0.491. The van der Waals surface area contributed by atoms with Crippen LogP contribution in [0.25, 0.3) is 17.0 Å². The number of benzene rings is 1. The van der Waals surface area contributed by atoms with Crippen molar-refractivity contribution in [3.63, 3.8) is 0 Å². The van der Waals surface area contributed by atoms with Crippen molar-refractivity contribution in [2.45, 2.75) is 19.3 Å². The van der Waals surface area contributed by atoms with Crippen molar-refractivity contribution in [2.24, 2.45) is 0 Å². The second-order valence-electron chi connectivity index (χ2n) is 6.09. The molecule has 4 rings (SSSR count). The number of fused-ring (bicyclic) bond motifs is 2. The predicted octanol–water partition coefficient (Wildman–Crippen LogP) is 4.14. The number of nitriles is 2. The molecule has 0 unspecified atom stereocenters. The van der Waals surface area contributed by atoms with E-state index in [1.54, 1.807) is 12.3 Å². The maximum Gasteiger partial charge on any atom is 0.266 e. The third kappa shape index (κ3) is 2.67. The number of carbonyl (C=O) groups excluding carboxylic acids is 1. The van der Waals surface area contributed by atoms with Gasteiger partial charge in [-0.05, 0) is 37.0 Å². The van der Waals surface area contributed by atoms with Crippen LogP contribution in [0.2, 0.25) is 0 Å². The number of aromatic amines is 1. The van der Waals surface area contributed by atoms with E-state index in [0.29, 0.717) is 10.6 Å². The number of hydrogen-bond acceptors (Lipinski definition) is 4. The first-order chi connectivity index (χ1) is 12.7. The van der Waals surface area contributed by atoms with Crippen LogP contribution in [0, 0.1) is 22.7 Å². The number of nitrogens with zero attached hydrogens (tertiary/aromatic N) is 2. The fourth-order valence-corrected chi connectivity index (χ4v) is 4.53. The Labute approximate surface area is 154 Å². The highest BCUT2D eigenvalue weighted by Gasteiger charge is 2.23. The van der Waals surface area contributed by atoms with Gasteiger partial charge in [-0.3, -0.25) is 4.79 Å². The molecule has 0 saturated carbocycles. The normalized spacial score (nSPS) is 13.2. The second-order valence-corrected chi connectivity index (χ2v) is 7.19. The highest BCUT2D eigenvalue weighted by Crippen LogP contribution is 2.38. The van der Waals surface area contributed by atoms with Gasteiger partial charge in [-0.1, -0.05) is 18.2 Å². The molecule has 0 saturated heterocycles. The monoisotopic (exact) mass is 358 g/mol. The summed E-state index contributed by atoms with van der Waals surface area (Å²) in [4.78, 5) is 16.9. The Morgan fingerprint density at radius 1 is 1.27 bits per heavy atom. The molecule has 2 aromatic heterocycles. The summed E-state index contributed by atoms with van der Waals surface area (Å²) >= 11 is 1.44. The lowest BCUT2D eigenvalue weighted by Gasteiger charge is -2.03. The molecule has 1 aliphatic rings. The predicted molar refractivity (Wildman–Crippen MR) is 102 cm³/mol. The van der Waals surface area contributed by atoms with Crippen molar-refractivity contribution in [3.8, 4) is 12.1 Å². The Kier molecular flexibility index (Phi) is 4.04. The molecule has 1 aliphatic carbocycles. The fraction of sp³-hybridized carbons (Fsp3) is 0.150. The van der Waals surface area contributed by atoms with Crippen LogP contribution in [0.3, 0.4) is 0 Å². The van der Waals surface area contributed by atoms with Crippen molar-refractivity contribution in [2.75, 3.05) is 5.32 Å². The highest BCUT2D eigenvalue weighted by molar-refractivity contribution is 7.16. The first-order valence-corrected chi connectivity index (χ1v) is 9.07. The minimum Gasteiger partial charge on any atom is -0.361 e. The number of hydrogen-bond donors (Lipinski definition) is 2. The summed E-state index contributed by atoms with van der Waals surface area (Å²) in [5.41, 5.74) is 3.32. The van der Waals surface area contributed by atoms with E-state index in [2.05, 4.69) is 16.4 Å². The van der Waals surface area contributed by atoms with Gasteiger partial charge in [-0.2, -0.15) is 10.5 Å². The van der Waals surface area contributed by atoms with Crippen molar-refractivity contribution >= 4 is 39.2 Å². The van der Waals surface area contributed by atoms with Crippen LogP contribution in [0.15, 0.2) is 36.0 Å². The van der Waals surface area contributed by atoms with E-state index in [9.17, 15) is 15.3 Å². The van der Waals surface area contributed by atoms with Gasteiger partial charge in [0, 0.05) is 27.5 Å². The number of thiophene rings is 1. The van der Waals surface area contributed by atoms with Crippen LogP contribution in [0.5, 0.6) is 0 Å². The largest absolute Gasteiger partial charge is 0.361 e. The molecule has 0 fully saturated rings. The number of amides is 1. The number of carbonyl (C=O) groups is 1. The lowest BCUT2D eigenvalue weighted by molar-refractivity contribution is -0.112. The average Bonchev–Trinajstić information content (AvgIpc) is 3.34. The minimum absolute atomic E-state index is 0.00667. The summed E-state index contributed by atoms with van der Waals surface area (Å²) in [6.07, 6.45) is 6.22. The molecule has 0 aliphatic heterocycles. The molecule has 0 radical (unpaired) electrons. The Bertz CT molecular complexity index is 1140. The van der Waals surface area contributed by atoms with Gasteiger partial charge in [-0.25, -0.2) is 0 Å². The Balaban J connectivity index is 1.65. The first kappa shape index (κ1) is 16.1. The van der Waals surface area contributed by atoms with E-state index in [-0.39, 0.29) is 5.57 Å². The molecule has 0 bridgehead atoms. The Morgan fingerprint density at radius 3 is 2.92 bits per heavy atom. The summed E-state index contributed by atoms with van der Waals surface area (Å²) in [5, 5.41) is 23.1. The molecular formula is C20H14N4OS.